The molecule has 62 valence electrons. The quantitative estimate of drug-likeness (QED) is 0.670. The van der Waals surface area contributed by atoms with Gasteiger partial charge in [0.05, 0.1) is 10.5 Å². The largest absolute Gasteiger partial charge is 0.302 e. The standard InChI is InChI=1S/C7H4FNO2S/c8-7-2-1-6(12(10)11)3-5(7)4-9/h1-3H,(H,10,11). The Labute approximate surface area is 70.7 Å². The summed E-state index contributed by atoms with van der Waals surface area (Å²) in [5.41, 5.74) is -0.227. The van der Waals surface area contributed by atoms with Crippen LogP contribution in [0.5, 0.6) is 0 Å². The van der Waals surface area contributed by atoms with Crippen molar-refractivity contribution in [2.45, 2.75) is 4.90 Å². The van der Waals surface area contributed by atoms with Gasteiger partial charge in [0.15, 0.2) is 11.1 Å². The third-order valence-electron chi connectivity index (χ3n) is 1.26. The number of nitriles is 1. The Morgan fingerprint density at radius 3 is 2.75 bits per heavy atom. The minimum absolute atomic E-state index is 0.0213. The fraction of sp³-hybridized carbons (Fsp3) is 0. The van der Waals surface area contributed by atoms with Crippen molar-refractivity contribution in [1.29, 1.82) is 5.26 Å². The molecule has 1 N–H and O–H groups in total. The highest BCUT2D eigenvalue weighted by Crippen LogP contribution is 2.11. The Balaban J connectivity index is 3.25. The molecule has 0 saturated carbocycles. The average Bonchev–Trinajstić information content (AvgIpc) is 2.05. The van der Waals surface area contributed by atoms with E-state index in [-0.39, 0.29) is 10.5 Å². The van der Waals surface area contributed by atoms with Crippen LogP contribution in [0.3, 0.4) is 0 Å². The van der Waals surface area contributed by atoms with Crippen LogP contribution >= 0.6 is 0 Å². The van der Waals surface area contributed by atoms with Crippen LogP contribution in [0.4, 0.5) is 4.39 Å². The molecule has 0 aliphatic heterocycles. The summed E-state index contributed by atoms with van der Waals surface area (Å²) < 4.78 is 31.7. The van der Waals surface area contributed by atoms with Gasteiger partial charge in [-0.25, -0.2) is 8.60 Å². The van der Waals surface area contributed by atoms with Crippen molar-refractivity contribution in [2.75, 3.05) is 0 Å². The van der Waals surface area contributed by atoms with Crippen molar-refractivity contribution >= 4 is 11.1 Å². The van der Waals surface area contributed by atoms with E-state index in [0.717, 1.165) is 18.2 Å². The SMILES string of the molecule is N#Cc1cc(S(=O)O)ccc1F. The Bertz CT molecular complexity index is 372. The molecule has 0 bridgehead atoms. The zero-order valence-corrected chi connectivity index (χ0v) is 6.64. The third-order valence-corrected chi connectivity index (χ3v) is 1.92. The number of halogens is 1. The monoisotopic (exact) mass is 185 g/mol. The minimum Gasteiger partial charge on any atom is -0.302 e. The van der Waals surface area contributed by atoms with Crippen LogP contribution in [0.25, 0.3) is 0 Å². The van der Waals surface area contributed by atoms with Crippen molar-refractivity contribution in [2.24, 2.45) is 0 Å². The fourth-order valence-electron chi connectivity index (χ4n) is 0.699. The molecule has 0 spiro atoms. The summed E-state index contributed by atoms with van der Waals surface area (Å²) in [5, 5.41) is 8.35. The molecule has 0 aliphatic rings. The maximum absolute atomic E-state index is 12.6. The molecular formula is C7H4FNO2S. The first-order valence-electron chi connectivity index (χ1n) is 2.95. The highest BCUT2D eigenvalue weighted by molar-refractivity contribution is 7.79. The summed E-state index contributed by atoms with van der Waals surface area (Å²) in [6, 6.07) is 4.76. The van der Waals surface area contributed by atoms with Crippen LogP contribution in [0.15, 0.2) is 23.1 Å². The predicted octanol–water partition coefficient (Wildman–Crippen LogP) is 1.28. The maximum atomic E-state index is 12.6. The lowest BCUT2D eigenvalue weighted by molar-refractivity contribution is 0.563. The zero-order valence-electron chi connectivity index (χ0n) is 5.82. The number of benzene rings is 1. The maximum Gasteiger partial charge on any atom is 0.186 e. The Morgan fingerprint density at radius 1 is 1.58 bits per heavy atom. The molecule has 0 heterocycles. The molecule has 12 heavy (non-hydrogen) atoms. The van der Waals surface area contributed by atoms with E-state index in [9.17, 15) is 8.60 Å². The Kier molecular flexibility index (Phi) is 2.53. The molecule has 0 aromatic heterocycles. The van der Waals surface area contributed by atoms with Crippen molar-refractivity contribution < 1.29 is 13.2 Å². The van der Waals surface area contributed by atoms with Gasteiger partial charge >= 0.3 is 0 Å². The van der Waals surface area contributed by atoms with Gasteiger partial charge in [0, 0.05) is 0 Å². The summed E-state index contributed by atoms with van der Waals surface area (Å²) >= 11 is -2.17. The van der Waals surface area contributed by atoms with Crippen LogP contribution in [0.1, 0.15) is 5.56 Å². The summed E-state index contributed by atoms with van der Waals surface area (Å²) in [7, 11) is 0. The molecule has 0 amide bonds. The Hall–Kier alpha value is -1.25. The van der Waals surface area contributed by atoms with Gasteiger partial charge in [-0.2, -0.15) is 5.26 Å². The van der Waals surface area contributed by atoms with Crippen LogP contribution in [-0.2, 0) is 11.1 Å². The number of nitrogens with zero attached hydrogens (tertiary/aromatic N) is 1. The molecule has 0 aliphatic carbocycles. The molecule has 1 aromatic carbocycles. The van der Waals surface area contributed by atoms with Gasteiger partial charge in [-0.05, 0) is 18.2 Å². The topological polar surface area (TPSA) is 61.1 Å². The van der Waals surface area contributed by atoms with Crippen molar-refractivity contribution in [3.05, 3.63) is 29.6 Å². The number of hydrogen-bond acceptors (Lipinski definition) is 2. The Morgan fingerprint density at radius 2 is 2.25 bits per heavy atom. The lowest BCUT2D eigenvalue weighted by atomic mass is 10.2. The molecule has 0 fully saturated rings. The van der Waals surface area contributed by atoms with Gasteiger partial charge in [-0.1, -0.05) is 0 Å². The van der Waals surface area contributed by atoms with E-state index in [1.54, 1.807) is 6.07 Å². The van der Waals surface area contributed by atoms with E-state index >= 15 is 0 Å². The average molecular weight is 185 g/mol. The first-order valence-corrected chi connectivity index (χ1v) is 4.06. The fourth-order valence-corrected chi connectivity index (χ4v) is 1.10. The van der Waals surface area contributed by atoms with Crippen molar-refractivity contribution in [3.63, 3.8) is 0 Å². The first kappa shape index (κ1) is 8.84. The third kappa shape index (κ3) is 1.67. The van der Waals surface area contributed by atoms with Gasteiger partial charge in [-0.3, -0.25) is 0 Å². The van der Waals surface area contributed by atoms with Crippen molar-refractivity contribution in [1.82, 2.24) is 0 Å². The molecule has 0 saturated heterocycles. The van der Waals surface area contributed by atoms with E-state index in [1.165, 1.54) is 0 Å². The second-order valence-electron chi connectivity index (χ2n) is 2.00. The second kappa shape index (κ2) is 3.43. The number of rotatable bonds is 1. The van der Waals surface area contributed by atoms with Gasteiger partial charge in [0.1, 0.15) is 11.9 Å². The molecule has 5 heteroatoms. The molecule has 1 aromatic rings. The first-order chi connectivity index (χ1) is 5.65. The van der Waals surface area contributed by atoms with Gasteiger partial charge in [0.25, 0.3) is 0 Å². The lowest BCUT2D eigenvalue weighted by Crippen LogP contribution is -1.91. The molecule has 1 atom stereocenters. The van der Waals surface area contributed by atoms with Crippen LogP contribution < -0.4 is 0 Å². The predicted molar refractivity (Wildman–Crippen MR) is 40.2 cm³/mol. The minimum atomic E-state index is -2.17. The molecular weight excluding hydrogens is 181 g/mol. The summed E-state index contributed by atoms with van der Waals surface area (Å²) in [4.78, 5) is 0.0213. The highest BCUT2D eigenvalue weighted by atomic mass is 32.2. The lowest BCUT2D eigenvalue weighted by Gasteiger charge is -1.95. The summed E-state index contributed by atoms with van der Waals surface area (Å²) in [5.74, 6) is -0.688. The second-order valence-corrected chi connectivity index (χ2v) is 2.97. The molecule has 0 radical (unpaired) electrons. The summed E-state index contributed by atoms with van der Waals surface area (Å²) in [6.45, 7) is 0. The van der Waals surface area contributed by atoms with Crippen molar-refractivity contribution in [3.8, 4) is 6.07 Å². The zero-order chi connectivity index (χ0) is 9.14. The van der Waals surface area contributed by atoms with Crippen LogP contribution in [0.2, 0.25) is 0 Å². The normalized spacial score (nSPS) is 12.1. The van der Waals surface area contributed by atoms with Crippen LogP contribution in [0, 0.1) is 17.1 Å². The smallest absolute Gasteiger partial charge is 0.186 e. The van der Waals surface area contributed by atoms with E-state index in [2.05, 4.69) is 0 Å². The highest BCUT2D eigenvalue weighted by Gasteiger charge is 2.05. The van der Waals surface area contributed by atoms with Crippen LogP contribution in [-0.4, -0.2) is 8.76 Å². The molecule has 1 unspecified atom stereocenters. The van der Waals surface area contributed by atoms with Gasteiger partial charge in [0.2, 0.25) is 0 Å². The van der Waals surface area contributed by atoms with E-state index < -0.39 is 16.9 Å². The molecule has 3 nitrogen and oxygen atoms in total. The summed E-state index contributed by atoms with van der Waals surface area (Å²) in [6.07, 6.45) is 0. The number of hydrogen-bond donors (Lipinski definition) is 1. The van der Waals surface area contributed by atoms with E-state index in [4.69, 9.17) is 9.81 Å². The van der Waals surface area contributed by atoms with Gasteiger partial charge in [-0.15, -0.1) is 0 Å². The van der Waals surface area contributed by atoms with E-state index in [1.807, 2.05) is 0 Å². The van der Waals surface area contributed by atoms with Gasteiger partial charge < -0.3 is 4.55 Å². The molecule has 1 rings (SSSR count). The van der Waals surface area contributed by atoms with E-state index in [0.29, 0.717) is 0 Å².